The van der Waals surface area contributed by atoms with Crippen LogP contribution in [0.5, 0.6) is 0 Å². The molecular weight excluding hydrogens is 465 g/mol. The summed E-state index contributed by atoms with van der Waals surface area (Å²) in [6, 6.07) is 9.80. The zero-order chi connectivity index (χ0) is 23.4. The smallest absolute Gasteiger partial charge is 0.259 e. The van der Waals surface area contributed by atoms with Crippen LogP contribution in [-0.4, -0.2) is 69.8 Å². The molecule has 9 nitrogen and oxygen atoms in total. The lowest BCUT2D eigenvalue weighted by atomic mass is 10.2. The molecule has 1 aliphatic rings. The molecule has 3 aromatic rings. The average molecular weight is 486 g/mol. The first-order valence-corrected chi connectivity index (χ1v) is 10.9. The molecule has 1 saturated heterocycles. The molecule has 0 saturated carbocycles. The second-order valence-corrected chi connectivity index (χ2v) is 8.31. The van der Waals surface area contributed by atoms with Gasteiger partial charge < -0.3 is 20.4 Å². The van der Waals surface area contributed by atoms with Crippen molar-refractivity contribution in [1.29, 1.82) is 0 Å². The molecular formula is C22H21Cl2N7O2. The van der Waals surface area contributed by atoms with Crippen LogP contribution in [0.25, 0.3) is 0 Å². The third-order valence-electron chi connectivity index (χ3n) is 5.16. The molecule has 0 radical (unpaired) electrons. The molecule has 3 heterocycles. The zero-order valence-electron chi connectivity index (χ0n) is 17.8. The Morgan fingerprint density at radius 3 is 2.27 bits per heavy atom. The fourth-order valence-electron chi connectivity index (χ4n) is 3.31. The molecule has 33 heavy (non-hydrogen) atoms. The predicted molar refractivity (Wildman–Crippen MR) is 127 cm³/mol. The van der Waals surface area contributed by atoms with E-state index >= 15 is 0 Å². The maximum Gasteiger partial charge on any atom is 0.259 e. The Labute approximate surface area is 200 Å². The molecule has 1 aromatic carbocycles. The maximum absolute atomic E-state index is 12.7. The van der Waals surface area contributed by atoms with Crippen molar-refractivity contribution in [2.75, 3.05) is 43.9 Å². The number of carbonyl (C=O) groups is 2. The minimum Gasteiger partial charge on any atom is -0.336 e. The number of aromatic nitrogens is 3. The molecule has 2 amide bonds. The molecule has 1 aliphatic heterocycles. The van der Waals surface area contributed by atoms with Gasteiger partial charge in [0.2, 0.25) is 0 Å². The van der Waals surface area contributed by atoms with Crippen LogP contribution in [0, 0.1) is 0 Å². The highest BCUT2D eigenvalue weighted by molar-refractivity contribution is 6.40. The van der Waals surface area contributed by atoms with Gasteiger partial charge in [0.1, 0.15) is 23.8 Å². The molecule has 2 aromatic heterocycles. The number of pyridine rings is 1. The van der Waals surface area contributed by atoms with Crippen molar-refractivity contribution in [1.82, 2.24) is 24.8 Å². The Kier molecular flexibility index (Phi) is 7.02. The number of nitrogens with zero attached hydrogens (tertiary/aromatic N) is 5. The number of anilines is 3. The van der Waals surface area contributed by atoms with E-state index < -0.39 is 5.91 Å². The summed E-state index contributed by atoms with van der Waals surface area (Å²) in [5.41, 5.74) is 0.689. The molecule has 2 N–H and O–H groups in total. The SMILES string of the molecule is CN1CCN(C(=O)c2ccc(Nc3cc(NC(=O)c4c(Cl)cccc4Cl)ncn3)nc2)CC1. The second kappa shape index (κ2) is 10.1. The highest BCUT2D eigenvalue weighted by Gasteiger charge is 2.20. The molecule has 4 rings (SSSR count). The Morgan fingerprint density at radius 1 is 0.909 bits per heavy atom. The van der Waals surface area contributed by atoms with Gasteiger partial charge in [0, 0.05) is 38.4 Å². The van der Waals surface area contributed by atoms with Gasteiger partial charge in [-0.15, -0.1) is 0 Å². The van der Waals surface area contributed by atoms with Crippen LogP contribution in [0.3, 0.4) is 0 Å². The van der Waals surface area contributed by atoms with Crippen LogP contribution in [0.15, 0.2) is 48.9 Å². The first kappa shape index (κ1) is 22.9. The van der Waals surface area contributed by atoms with E-state index in [9.17, 15) is 9.59 Å². The lowest BCUT2D eigenvalue weighted by Gasteiger charge is -2.32. The monoisotopic (exact) mass is 485 g/mol. The summed E-state index contributed by atoms with van der Waals surface area (Å²) in [5.74, 6) is 0.647. The van der Waals surface area contributed by atoms with Gasteiger partial charge in [-0.1, -0.05) is 29.3 Å². The first-order chi connectivity index (χ1) is 15.9. The fraction of sp³-hybridized carbons (Fsp3) is 0.227. The lowest BCUT2D eigenvalue weighted by Crippen LogP contribution is -2.47. The Morgan fingerprint density at radius 2 is 1.61 bits per heavy atom. The number of hydrogen-bond donors (Lipinski definition) is 2. The number of carbonyl (C=O) groups excluding carboxylic acids is 2. The summed E-state index contributed by atoms with van der Waals surface area (Å²) < 4.78 is 0. The van der Waals surface area contributed by atoms with Crippen LogP contribution < -0.4 is 10.6 Å². The quantitative estimate of drug-likeness (QED) is 0.569. The van der Waals surface area contributed by atoms with Crippen molar-refractivity contribution in [3.05, 3.63) is 70.1 Å². The van der Waals surface area contributed by atoms with Crippen molar-refractivity contribution in [2.45, 2.75) is 0 Å². The summed E-state index contributed by atoms with van der Waals surface area (Å²) in [6.07, 6.45) is 2.84. The Bertz CT molecular complexity index is 1150. The summed E-state index contributed by atoms with van der Waals surface area (Å²) in [6.45, 7) is 3.11. The van der Waals surface area contributed by atoms with Gasteiger partial charge in [-0.25, -0.2) is 15.0 Å². The van der Waals surface area contributed by atoms with Crippen LogP contribution in [0.1, 0.15) is 20.7 Å². The van der Waals surface area contributed by atoms with Crippen LogP contribution in [0.2, 0.25) is 10.0 Å². The van der Waals surface area contributed by atoms with Gasteiger partial charge in [-0.05, 0) is 31.3 Å². The lowest BCUT2D eigenvalue weighted by molar-refractivity contribution is 0.0663. The standard InChI is InChI=1S/C22H21Cl2N7O2/c1-30-7-9-31(10-8-30)22(33)14-5-6-17(25-12-14)28-18-11-19(27-13-26-18)29-21(32)20-15(23)3-2-4-16(20)24/h2-6,11-13H,7-10H2,1H3,(H2,25,26,27,28,29,32). The molecule has 170 valence electrons. The van der Waals surface area contributed by atoms with Crippen molar-refractivity contribution < 1.29 is 9.59 Å². The fourth-order valence-corrected chi connectivity index (χ4v) is 3.87. The molecule has 0 bridgehead atoms. The van der Waals surface area contributed by atoms with Crippen molar-refractivity contribution >= 4 is 52.5 Å². The zero-order valence-corrected chi connectivity index (χ0v) is 19.3. The number of likely N-dealkylation sites (N-methyl/N-ethyl adjacent to an activating group) is 1. The molecule has 0 spiro atoms. The molecule has 0 atom stereocenters. The maximum atomic E-state index is 12.7. The van der Waals surface area contributed by atoms with E-state index in [1.807, 2.05) is 11.9 Å². The molecule has 11 heteroatoms. The van der Waals surface area contributed by atoms with E-state index in [4.69, 9.17) is 23.2 Å². The predicted octanol–water partition coefficient (Wildman–Crippen LogP) is 3.56. The van der Waals surface area contributed by atoms with Crippen molar-refractivity contribution in [3.63, 3.8) is 0 Å². The van der Waals surface area contributed by atoms with E-state index in [1.165, 1.54) is 12.5 Å². The van der Waals surface area contributed by atoms with Gasteiger partial charge >= 0.3 is 0 Å². The van der Waals surface area contributed by atoms with Crippen LogP contribution >= 0.6 is 23.2 Å². The van der Waals surface area contributed by atoms with Crippen LogP contribution in [0.4, 0.5) is 17.5 Å². The summed E-state index contributed by atoms with van der Waals surface area (Å²) in [5, 5.41) is 6.17. The number of benzene rings is 1. The largest absolute Gasteiger partial charge is 0.336 e. The summed E-state index contributed by atoms with van der Waals surface area (Å²) in [4.78, 5) is 41.8. The first-order valence-electron chi connectivity index (χ1n) is 10.2. The van der Waals surface area contributed by atoms with Gasteiger partial charge in [0.05, 0.1) is 21.2 Å². The van der Waals surface area contributed by atoms with E-state index in [-0.39, 0.29) is 27.3 Å². The van der Waals surface area contributed by atoms with E-state index in [0.29, 0.717) is 30.3 Å². The number of hydrogen-bond acceptors (Lipinski definition) is 7. The van der Waals surface area contributed by atoms with Gasteiger partial charge in [-0.2, -0.15) is 0 Å². The van der Waals surface area contributed by atoms with E-state index in [2.05, 4.69) is 30.5 Å². The van der Waals surface area contributed by atoms with E-state index in [1.54, 1.807) is 36.4 Å². The molecule has 0 aliphatic carbocycles. The average Bonchev–Trinajstić information content (AvgIpc) is 2.80. The highest BCUT2D eigenvalue weighted by Crippen LogP contribution is 2.25. The third-order valence-corrected chi connectivity index (χ3v) is 5.79. The van der Waals surface area contributed by atoms with Crippen molar-refractivity contribution in [2.24, 2.45) is 0 Å². The molecule has 0 unspecified atom stereocenters. The number of amides is 2. The van der Waals surface area contributed by atoms with E-state index in [0.717, 1.165) is 13.1 Å². The number of halogens is 2. The minimum atomic E-state index is -0.486. The Balaban J connectivity index is 1.41. The molecule has 1 fully saturated rings. The summed E-state index contributed by atoms with van der Waals surface area (Å²) in [7, 11) is 2.04. The minimum absolute atomic E-state index is 0.0348. The Hall–Kier alpha value is -3.27. The number of nitrogens with one attached hydrogen (secondary N) is 2. The number of piperazine rings is 1. The van der Waals surface area contributed by atoms with Crippen LogP contribution in [-0.2, 0) is 0 Å². The number of rotatable bonds is 5. The topological polar surface area (TPSA) is 103 Å². The van der Waals surface area contributed by atoms with Gasteiger partial charge in [-0.3, -0.25) is 9.59 Å². The highest BCUT2D eigenvalue weighted by atomic mass is 35.5. The van der Waals surface area contributed by atoms with Gasteiger partial charge in [0.25, 0.3) is 11.8 Å². The normalized spacial score (nSPS) is 14.1. The second-order valence-electron chi connectivity index (χ2n) is 7.49. The summed E-state index contributed by atoms with van der Waals surface area (Å²) >= 11 is 12.2. The third kappa shape index (κ3) is 5.57. The van der Waals surface area contributed by atoms with Gasteiger partial charge in [0.15, 0.2) is 0 Å². The van der Waals surface area contributed by atoms with Crippen molar-refractivity contribution in [3.8, 4) is 0 Å².